The fourth-order valence-corrected chi connectivity index (χ4v) is 3.84. The van der Waals surface area contributed by atoms with Crippen LogP contribution in [0.15, 0.2) is 41.6 Å². The smallest absolute Gasteiger partial charge is 0.370 e. The Morgan fingerprint density at radius 1 is 1.20 bits per heavy atom. The lowest BCUT2D eigenvalue weighted by molar-refractivity contribution is -0.141. The zero-order valence-corrected chi connectivity index (χ0v) is 17.1. The van der Waals surface area contributed by atoms with E-state index in [0.29, 0.717) is 5.56 Å². The molecule has 2 heterocycles. The first-order chi connectivity index (χ1) is 13.9. The number of pyridine rings is 1. The summed E-state index contributed by atoms with van der Waals surface area (Å²) in [4.78, 5) is 10.4. The maximum absolute atomic E-state index is 13.6. The summed E-state index contributed by atoms with van der Waals surface area (Å²) in [5.74, 6) is -0.515. The van der Waals surface area contributed by atoms with Gasteiger partial charge in [0, 0.05) is 6.26 Å². The number of halogens is 5. The van der Waals surface area contributed by atoms with Crippen LogP contribution in [0.2, 0.25) is 5.02 Å². The number of sulfone groups is 1. The molecule has 1 aromatic carbocycles. The van der Waals surface area contributed by atoms with Crippen molar-refractivity contribution < 1.29 is 26.0 Å². The number of rotatable bonds is 5. The van der Waals surface area contributed by atoms with Crippen molar-refractivity contribution in [1.29, 1.82) is 0 Å². The van der Waals surface area contributed by atoms with Crippen molar-refractivity contribution in [3.63, 3.8) is 0 Å². The quantitative estimate of drug-likeness (QED) is 0.544. The minimum atomic E-state index is -4.59. The Morgan fingerprint density at radius 2 is 1.90 bits per heavy atom. The number of alkyl halides is 3. The van der Waals surface area contributed by atoms with Crippen LogP contribution in [-0.4, -0.2) is 29.6 Å². The van der Waals surface area contributed by atoms with E-state index in [1.165, 1.54) is 25.1 Å². The molecule has 0 radical (unpaired) electrons. The minimum absolute atomic E-state index is 0.149. The van der Waals surface area contributed by atoms with E-state index in [1.54, 1.807) is 0 Å². The van der Waals surface area contributed by atoms with E-state index < -0.39 is 33.6 Å². The summed E-state index contributed by atoms with van der Waals surface area (Å²) in [6.07, 6.45) is -2.61. The van der Waals surface area contributed by atoms with Gasteiger partial charge in [-0.1, -0.05) is 17.7 Å². The third-order valence-electron chi connectivity index (χ3n) is 4.12. The Labute approximate surface area is 174 Å². The van der Waals surface area contributed by atoms with Crippen molar-refractivity contribution >= 4 is 27.1 Å². The molecule has 0 aliphatic carbocycles. The van der Waals surface area contributed by atoms with Gasteiger partial charge in [-0.2, -0.15) is 13.2 Å². The number of nitrogens with zero attached hydrogens (tertiary/aromatic N) is 2. The molecule has 1 unspecified atom stereocenters. The highest BCUT2D eigenvalue weighted by Gasteiger charge is 2.32. The molecule has 30 heavy (non-hydrogen) atoms. The Bertz CT molecular complexity index is 1180. The Kier molecular flexibility index (Phi) is 5.79. The predicted octanol–water partition coefficient (Wildman–Crippen LogP) is 4.53. The van der Waals surface area contributed by atoms with Gasteiger partial charge in [0.15, 0.2) is 14.9 Å². The number of benzene rings is 1. The molecule has 0 aliphatic heterocycles. The average molecular weight is 463 g/mol. The van der Waals surface area contributed by atoms with Crippen LogP contribution in [0.3, 0.4) is 0 Å². The van der Waals surface area contributed by atoms with Gasteiger partial charge in [0.25, 0.3) is 0 Å². The topological polar surface area (TPSA) is 87.7 Å². The molecule has 160 valence electrons. The van der Waals surface area contributed by atoms with Crippen molar-refractivity contribution in [2.45, 2.75) is 24.2 Å². The zero-order valence-electron chi connectivity index (χ0n) is 15.6. The van der Waals surface area contributed by atoms with Gasteiger partial charge in [-0.3, -0.25) is 0 Å². The molecule has 3 aromatic rings. The van der Waals surface area contributed by atoms with E-state index in [0.717, 1.165) is 24.6 Å². The molecular weight excluding hydrogens is 448 g/mol. The van der Waals surface area contributed by atoms with Gasteiger partial charge in [0.05, 0.1) is 22.6 Å². The molecular formula is C18H15ClF4N4O2S. The SMILES string of the molecule is Cc1[nH]c(C(Nc2ccc(C(F)(F)F)nc2)c2ccc(F)c(Cl)c2)nc1S(C)(=O)=O. The van der Waals surface area contributed by atoms with E-state index in [-0.39, 0.29) is 27.3 Å². The van der Waals surface area contributed by atoms with Crippen molar-refractivity contribution in [2.24, 2.45) is 0 Å². The van der Waals surface area contributed by atoms with Gasteiger partial charge >= 0.3 is 6.18 Å². The third-order valence-corrected chi connectivity index (χ3v) is 5.51. The maximum atomic E-state index is 13.6. The first kappa shape index (κ1) is 22.0. The monoisotopic (exact) mass is 462 g/mol. The second-order valence-electron chi connectivity index (χ2n) is 6.51. The van der Waals surface area contributed by atoms with Crippen LogP contribution in [0.5, 0.6) is 0 Å². The lowest BCUT2D eigenvalue weighted by Crippen LogP contribution is -2.15. The van der Waals surface area contributed by atoms with Crippen LogP contribution in [0.25, 0.3) is 0 Å². The summed E-state index contributed by atoms with van der Waals surface area (Å²) < 4.78 is 75.7. The number of aromatic amines is 1. The number of aryl methyl sites for hydroxylation is 1. The highest BCUT2D eigenvalue weighted by Crippen LogP contribution is 2.31. The van der Waals surface area contributed by atoms with E-state index in [1.807, 2.05) is 0 Å². The Hall–Kier alpha value is -2.66. The van der Waals surface area contributed by atoms with Crippen LogP contribution in [0, 0.1) is 12.7 Å². The third kappa shape index (κ3) is 4.73. The van der Waals surface area contributed by atoms with Gasteiger partial charge in [0.2, 0.25) is 0 Å². The highest BCUT2D eigenvalue weighted by atomic mass is 35.5. The summed E-state index contributed by atoms with van der Waals surface area (Å²) in [7, 11) is -3.63. The van der Waals surface area contributed by atoms with Crippen molar-refractivity contribution in [2.75, 3.05) is 11.6 Å². The summed E-state index contributed by atoms with van der Waals surface area (Å²) in [6.45, 7) is 1.52. The van der Waals surface area contributed by atoms with Gasteiger partial charge in [0.1, 0.15) is 23.4 Å². The van der Waals surface area contributed by atoms with Crippen LogP contribution < -0.4 is 5.32 Å². The summed E-state index contributed by atoms with van der Waals surface area (Å²) in [5, 5.41) is 2.57. The molecule has 0 amide bonds. The van der Waals surface area contributed by atoms with E-state index in [2.05, 4.69) is 20.3 Å². The Balaban J connectivity index is 2.05. The first-order valence-corrected chi connectivity index (χ1v) is 10.6. The van der Waals surface area contributed by atoms with Crippen molar-refractivity contribution in [3.05, 3.63) is 70.1 Å². The maximum Gasteiger partial charge on any atom is 0.433 e. The second-order valence-corrected chi connectivity index (χ2v) is 8.84. The summed E-state index contributed by atoms with van der Waals surface area (Å²) in [5.41, 5.74) is -0.195. The molecule has 0 saturated heterocycles. The molecule has 6 nitrogen and oxygen atoms in total. The van der Waals surface area contributed by atoms with Crippen molar-refractivity contribution in [1.82, 2.24) is 15.0 Å². The number of imidazole rings is 1. The minimum Gasteiger partial charge on any atom is -0.370 e. The number of H-pyrrole nitrogens is 1. The van der Waals surface area contributed by atoms with Crippen LogP contribution >= 0.6 is 11.6 Å². The van der Waals surface area contributed by atoms with E-state index in [9.17, 15) is 26.0 Å². The number of hydrogen-bond donors (Lipinski definition) is 2. The fourth-order valence-electron chi connectivity index (χ4n) is 2.78. The standard InChI is InChI=1S/C18H15ClF4N4O2S/c1-9-17(30(2,28)29)27-16(25-9)15(10-3-5-13(20)12(19)7-10)26-11-4-6-14(24-8-11)18(21,22)23/h3-8,15,26H,1-2H3,(H,25,27). The van der Waals surface area contributed by atoms with Gasteiger partial charge in [-0.25, -0.2) is 22.8 Å². The first-order valence-electron chi connectivity index (χ1n) is 8.37. The zero-order chi connectivity index (χ0) is 22.3. The lowest BCUT2D eigenvalue weighted by Gasteiger charge is -2.19. The molecule has 0 aliphatic rings. The van der Waals surface area contributed by atoms with E-state index in [4.69, 9.17) is 11.6 Å². The summed E-state index contributed by atoms with van der Waals surface area (Å²) >= 11 is 5.86. The van der Waals surface area contributed by atoms with E-state index >= 15 is 0 Å². The molecule has 1 atom stereocenters. The molecule has 2 aromatic heterocycles. The normalized spacial score (nSPS) is 13.3. The molecule has 12 heteroatoms. The number of anilines is 1. The molecule has 2 N–H and O–H groups in total. The largest absolute Gasteiger partial charge is 0.433 e. The number of hydrogen-bond acceptors (Lipinski definition) is 5. The van der Waals surface area contributed by atoms with Crippen LogP contribution in [-0.2, 0) is 16.0 Å². The number of nitrogens with one attached hydrogen (secondary N) is 2. The van der Waals surface area contributed by atoms with Gasteiger partial charge in [-0.15, -0.1) is 0 Å². The second kappa shape index (κ2) is 7.88. The molecule has 3 rings (SSSR count). The number of aromatic nitrogens is 3. The highest BCUT2D eigenvalue weighted by molar-refractivity contribution is 7.90. The predicted molar refractivity (Wildman–Crippen MR) is 103 cm³/mol. The molecule has 0 spiro atoms. The summed E-state index contributed by atoms with van der Waals surface area (Å²) in [6, 6.07) is 4.91. The molecule has 0 bridgehead atoms. The van der Waals surface area contributed by atoms with Gasteiger partial charge < -0.3 is 10.3 Å². The lowest BCUT2D eigenvalue weighted by atomic mass is 10.1. The van der Waals surface area contributed by atoms with Crippen molar-refractivity contribution in [3.8, 4) is 0 Å². The van der Waals surface area contributed by atoms with Crippen LogP contribution in [0.1, 0.15) is 28.8 Å². The Morgan fingerprint density at radius 3 is 2.40 bits per heavy atom. The average Bonchev–Trinajstić information content (AvgIpc) is 3.03. The van der Waals surface area contributed by atoms with Gasteiger partial charge in [-0.05, 0) is 36.8 Å². The van der Waals surface area contributed by atoms with Crippen LogP contribution in [0.4, 0.5) is 23.2 Å². The molecule has 0 fully saturated rings. The fraction of sp³-hybridized carbons (Fsp3) is 0.222. The molecule has 0 saturated carbocycles.